The lowest BCUT2D eigenvalue weighted by atomic mass is 9.94. The minimum atomic E-state index is -1.12. The zero-order valence-electron chi connectivity index (χ0n) is 19.5. The highest BCUT2D eigenvalue weighted by Gasteiger charge is 2.28. The lowest BCUT2D eigenvalue weighted by Gasteiger charge is -2.27. The average molecular weight is 520 g/mol. The van der Waals surface area contributed by atoms with Crippen LogP contribution >= 0.6 is 23.2 Å². The fraction of sp³-hybridized carbons (Fsp3) is 0.320. The molecular formula is C25H27Cl2N3O5. The first-order chi connectivity index (χ1) is 16.5. The SMILES string of the molecule is CC(C)C(C)(O)COc1cc(C(=O)NC(CC(=O)O)c2cccc(Cl)c2Cl)nn1-c1ccccc1. The van der Waals surface area contributed by atoms with Crippen LogP contribution in [0.5, 0.6) is 5.88 Å². The molecule has 1 aromatic heterocycles. The third-order valence-corrected chi connectivity index (χ3v) is 6.54. The van der Waals surface area contributed by atoms with E-state index in [1.807, 2.05) is 32.0 Å². The van der Waals surface area contributed by atoms with Gasteiger partial charge in [-0.2, -0.15) is 5.10 Å². The van der Waals surface area contributed by atoms with E-state index >= 15 is 0 Å². The Bertz CT molecular complexity index is 1200. The van der Waals surface area contributed by atoms with Crippen molar-refractivity contribution in [3.63, 3.8) is 0 Å². The maximum atomic E-state index is 13.2. The van der Waals surface area contributed by atoms with Crippen LogP contribution in [0.25, 0.3) is 5.69 Å². The number of benzene rings is 2. The van der Waals surface area contributed by atoms with Crippen molar-refractivity contribution in [1.29, 1.82) is 0 Å². The predicted molar refractivity (Wildman–Crippen MR) is 133 cm³/mol. The fourth-order valence-electron chi connectivity index (χ4n) is 3.15. The van der Waals surface area contributed by atoms with E-state index in [1.165, 1.54) is 10.7 Å². The summed E-state index contributed by atoms with van der Waals surface area (Å²) in [7, 11) is 0. The summed E-state index contributed by atoms with van der Waals surface area (Å²) in [6, 6.07) is 14.4. The molecule has 0 radical (unpaired) electrons. The molecule has 1 amide bonds. The van der Waals surface area contributed by atoms with E-state index in [2.05, 4.69) is 10.4 Å². The molecule has 2 atom stereocenters. The maximum Gasteiger partial charge on any atom is 0.305 e. The molecule has 0 bridgehead atoms. The predicted octanol–water partition coefficient (Wildman–Crippen LogP) is 4.91. The summed E-state index contributed by atoms with van der Waals surface area (Å²) < 4.78 is 7.32. The summed E-state index contributed by atoms with van der Waals surface area (Å²) in [4.78, 5) is 24.6. The largest absolute Gasteiger partial charge is 0.481 e. The number of hydrogen-bond donors (Lipinski definition) is 3. The van der Waals surface area contributed by atoms with Crippen molar-refractivity contribution in [3.05, 3.63) is 75.9 Å². The summed E-state index contributed by atoms with van der Waals surface area (Å²) >= 11 is 12.4. The number of halogens is 2. The molecule has 0 spiro atoms. The Morgan fingerprint density at radius 2 is 1.83 bits per heavy atom. The quantitative estimate of drug-likeness (QED) is 0.350. The molecule has 2 aromatic carbocycles. The molecule has 10 heteroatoms. The summed E-state index contributed by atoms with van der Waals surface area (Å²) in [5.74, 6) is -1.57. The number of nitrogens with one attached hydrogen (secondary N) is 1. The molecule has 0 aliphatic heterocycles. The number of aromatic nitrogens is 2. The van der Waals surface area contributed by atoms with Crippen LogP contribution in [0.4, 0.5) is 0 Å². The van der Waals surface area contributed by atoms with Crippen LogP contribution in [0.15, 0.2) is 54.6 Å². The Morgan fingerprint density at radius 3 is 2.46 bits per heavy atom. The van der Waals surface area contributed by atoms with Crippen molar-refractivity contribution >= 4 is 35.1 Å². The number of nitrogens with zero attached hydrogens (tertiary/aromatic N) is 2. The Balaban J connectivity index is 1.93. The van der Waals surface area contributed by atoms with Crippen molar-refractivity contribution in [2.24, 2.45) is 5.92 Å². The molecule has 3 aromatic rings. The minimum absolute atomic E-state index is 0.00146. The number of para-hydroxylation sites is 1. The van der Waals surface area contributed by atoms with Gasteiger partial charge in [-0.3, -0.25) is 9.59 Å². The molecular weight excluding hydrogens is 493 g/mol. The van der Waals surface area contributed by atoms with E-state index in [-0.39, 0.29) is 34.1 Å². The van der Waals surface area contributed by atoms with Crippen molar-refractivity contribution in [2.75, 3.05) is 6.61 Å². The summed E-state index contributed by atoms with van der Waals surface area (Å²) in [6.45, 7) is 5.39. The van der Waals surface area contributed by atoms with Crippen LogP contribution in [0.1, 0.15) is 49.3 Å². The third kappa shape index (κ3) is 6.54. The van der Waals surface area contributed by atoms with Gasteiger partial charge in [-0.25, -0.2) is 4.68 Å². The van der Waals surface area contributed by atoms with E-state index in [9.17, 15) is 19.8 Å². The second-order valence-corrected chi connectivity index (χ2v) is 9.47. The van der Waals surface area contributed by atoms with Gasteiger partial charge in [0.15, 0.2) is 5.69 Å². The van der Waals surface area contributed by atoms with Gasteiger partial charge < -0.3 is 20.3 Å². The Labute approximate surface area is 213 Å². The Hall–Kier alpha value is -3.07. The number of aliphatic hydroxyl groups is 1. The molecule has 186 valence electrons. The molecule has 2 unspecified atom stereocenters. The number of carboxylic acid groups (broad SMARTS) is 1. The monoisotopic (exact) mass is 519 g/mol. The molecule has 0 aliphatic carbocycles. The zero-order valence-corrected chi connectivity index (χ0v) is 21.0. The second kappa shape index (κ2) is 11.1. The van der Waals surface area contributed by atoms with Gasteiger partial charge in [-0.15, -0.1) is 0 Å². The van der Waals surface area contributed by atoms with E-state index in [0.717, 1.165) is 0 Å². The van der Waals surface area contributed by atoms with E-state index in [4.69, 9.17) is 27.9 Å². The summed E-state index contributed by atoms with van der Waals surface area (Å²) in [5.41, 5.74) is -0.0847. The average Bonchev–Trinajstić information content (AvgIpc) is 3.24. The van der Waals surface area contributed by atoms with Gasteiger partial charge in [0.25, 0.3) is 5.91 Å². The van der Waals surface area contributed by atoms with Gasteiger partial charge in [0, 0.05) is 6.07 Å². The lowest BCUT2D eigenvalue weighted by Crippen LogP contribution is -2.38. The lowest BCUT2D eigenvalue weighted by molar-refractivity contribution is -0.137. The highest BCUT2D eigenvalue weighted by molar-refractivity contribution is 6.42. The third-order valence-electron chi connectivity index (χ3n) is 5.71. The summed E-state index contributed by atoms with van der Waals surface area (Å²) in [6.07, 6.45) is -0.411. The van der Waals surface area contributed by atoms with E-state index < -0.39 is 29.9 Å². The number of ether oxygens (including phenoxy) is 1. The highest BCUT2D eigenvalue weighted by atomic mass is 35.5. The van der Waals surface area contributed by atoms with Gasteiger partial charge >= 0.3 is 5.97 Å². The zero-order chi connectivity index (χ0) is 25.8. The first-order valence-corrected chi connectivity index (χ1v) is 11.7. The molecule has 35 heavy (non-hydrogen) atoms. The number of carboxylic acids is 1. The summed E-state index contributed by atoms with van der Waals surface area (Å²) in [5, 5.41) is 27.5. The van der Waals surface area contributed by atoms with E-state index in [1.54, 1.807) is 37.3 Å². The standard InChI is InChI=1S/C25H27Cl2N3O5/c1-15(2)25(3,34)14-35-21-12-20(29-30(21)16-8-5-4-6-9-16)24(33)28-19(13-22(31)32)17-10-7-11-18(26)23(17)27/h4-12,15,19,34H,13-14H2,1-3H3,(H,28,33)(H,31,32). The van der Waals surface area contributed by atoms with E-state index in [0.29, 0.717) is 11.3 Å². The molecule has 0 saturated carbocycles. The van der Waals surface area contributed by atoms with Crippen LogP contribution in [-0.2, 0) is 4.79 Å². The molecule has 8 nitrogen and oxygen atoms in total. The van der Waals surface area contributed by atoms with Crippen LogP contribution in [0, 0.1) is 5.92 Å². The maximum absolute atomic E-state index is 13.2. The number of carbonyl (C=O) groups is 2. The van der Waals surface area contributed by atoms with Crippen molar-refractivity contribution in [3.8, 4) is 11.6 Å². The number of carbonyl (C=O) groups excluding carboxylic acids is 1. The van der Waals surface area contributed by atoms with Gasteiger partial charge in [0.2, 0.25) is 5.88 Å². The van der Waals surface area contributed by atoms with Gasteiger partial charge in [0.1, 0.15) is 6.61 Å². The number of amides is 1. The normalized spacial score (nSPS) is 13.8. The molecule has 0 saturated heterocycles. The minimum Gasteiger partial charge on any atom is -0.481 e. The molecule has 3 rings (SSSR count). The highest BCUT2D eigenvalue weighted by Crippen LogP contribution is 2.32. The fourth-order valence-corrected chi connectivity index (χ4v) is 3.59. The molecule has 0 fully saturated rings. The van der Waals surface area contributed by atoms with Gasteiger partial charge in [0.05, 0.1) is 33.8 Å². The number of hydrogen-bond acceptors (Lipinski definition) is 5. The first-order valence-electron chi connectivity index (χ1n) is 11.0. The molecule has 3 N–H and O–H groups in total. The first kappa shape index (κ1) is 26.5. The molecule has 0 aliphatic rings. The van der Waals surface area contributed by atoms with Crippen LogP contribution < -0.4 is 10.1 Å². The van der Waals surface area contributed by atoms with Crippen molar-refractivity contribution in [1.82, 2.24) is 15.1 Å². The van der Waals surface area contributed by atoms with Crippen LogP contribution in [0.2, 0.25) is 10.0 Å². The topological polar surface area (TPSA) is 114 Å². The van der Waals surface area contributed by atoms with Crippen molar-refractivity contribution in [2.45, 2.75) is 38.8 Å². The smallest absolute Gasteiger partial charge is 0.305 e. The van der Waals surface area contributed by atoms with Crippen molar-refractivity contribution < 1.29 is 24.5 Å². The van der Waals surface area contributed by atoms with Crippen LogP contribution in [-0.4, -0.2) is 44.1 Å². The Kier molecular flexibility index (Phi) is 8.43. The van der Waals surface area contributed by atoms with Gasteiger partial charge in [-0.05, 0) is 36.6 Å². The second-order valence-electron chi connectivity index (χ2n) is 8.68. The number of aliphatic carboxylic acids is 1. The van der Waals surface area contributed by atoms with Crippen LogP contribution in [0.3, 0.4) is 0 Å². The van der Waals surface area contributed by atoms with Gasteiger partial charge in [-0.1, -0.05) is 67.4 Å². The Morgan fingerprint density at radius 1 is 1.14 bits per heavy atom. The molecule has 1 heterocycles. The number of rotatable bonds is 10.